The second-order valence-electron chi connectivity index (χ2n) is 4.12. The van der Waals surface area contributed by atoms with Crippen molar-refractivity contribution in [1.82, 2.24) is 0 Å². The van der Waals surface area contributed by atoms with Crippen LogP contribution in [0, 0.1) is 0 Å². The van der Waals surface area contributed by atoms with E-state index in [4.69, 9.17) is 4.74 Å². The molecule has 0 bridgehead atoms. The van der Waals surface area contributed by atoms with Crippen molar-refractivity contribution in [3.63, 3.8) is 0 Å². The number of Topliss-reactive ketones (excluding diaryl/α,β-unsaturated/α-hetero) is 1. The van der Waals surface area contributed by atoms with Crippen molar-refractivity contribution in [2.45, 2.75) is 38.1 Å². The summed E-state index contributed by atoms with van der Waals surface area (Å²) in [4.78, 5) is 11.8. The van der Waals surface area contributed by atoms with Crippen LogP contribution in [-0.4, -0.2) is 40.9 Å². The van der Waals surface area contributed by atoms with Crippen molar-refractivity contribution >= 4 is 5.78 Å². The summed E-state index contributed by atoms with van der Waals surface area (Å²) in [6.45, 7) is 1.74. The third-order valence-electron chi connectivity index (χ3n) is 2.97. The smallest absolute Gasteiger partial charge is 0.194 e. The maximum absolute atomic E-state index is 11.8. The average molecular weight is 224 g/mol. The van der Waals surface area contributed by atoms with E-state index in [0.29, 0.717) is 11.1 Å². The predicted molar refractivity (Wildman–Crippen MR) is 57.8 cm³/mol. The topological polar surface area (TPSA) is 70.1 Å². The Labute approximate surface area is 94.2 Å². The molecular weight excluding hydrogens is 208 g/mol. The SMILES string of the molecule is CCC/C=C/C1=C(CO)[C@@H](O)[C@@H]2O[C@@H]2C1=O. The van der Waals surface area contributed by atoms with E-state index in [2.05, 4.69) is 0 Å². The van der Waals surface area contributed by atoms with Crippen molar-refractivity contribution in [2.24, 2.45) is 0 Å². The van der Waals surface area contributed by atoms with Gasteiger partial charge in [0.2, 0.25) is 0 Å². The number of ketones is 1. The van der Waals surface area contributed by atoms with E-state index in [9.17, 15) is 15.0 Å². The van der Waals surface area contributed by atoms with Crippen LogP contribution in [0.1, 0.15) is 19.8 Å². The van der Waals surface area contributed by atoms with Crippen LogP contribution in [0.2, 0.25) is 0 Å². The van der Waals surface area contributed by atoms with Crippen molar-refractivity contribution in [1.29, 1.82) is 0 Å². The molecule has 0 aromatic carbocycles. The summed E-state index contributed by atoms with van der Waals surface area (Å²) in [5.74, 6) is -0.119. The molecule has 1 fully saturated rings. The fourth-order valence-corrected chi connectivity index (χ4v) is 1.98. The fraction of sp³-hybridized carbons (Fsp3) is 0.583. The number of unbranched alkanes of at least 4 members (excludes halogenated alkanes) is 1. The summed E-state index contributed by atoms with van der Waals surface area (Å²) in [7, 11) is 0. The Morgan fingerprint density at radius 1 is 1.50 bits per heavy atom. The molecule has 4 heteroatoms. The summed E-state index contributed by atoms with van der Waals surface area (Å²) >= 11 is 0. The third-order valence-corrected chi connectivity index (χ3v) is 2.97. The van der Waals surface area contributed by atoms with Crippen molar-refractivity contribution < 1.29 is 19.7 Å². The molecule has 3 atom stereocenters. The number of epoxide rings is 1. The summed E-state index contributed by atoms with van der Waals surface area (Å²) < 4.78 is 5.08. The van der Waals surface area contributed by atoms with Gasteiger partial charge in [0, 0.05) is 5.57 Å². The summed E-state index contributed by atoms with van der Waals surface area (Å²) in [6, 6.07) is 0. The number of allylic oxidation sites excluding steroid dienone is 2. The van der Waals surface area contributed by atoms with Gasteiger partial charge in [-0.3, -0.25) is 4.79 Å². The first-order valence-electron chi connectivity index (χ1n) is 5.58. The van der Waals surface area contributed by atoms with Crippen LogP contribution >= 0.6 is 0 Å². The zero-order valence-electron chi connectivity index (χ0n) is 9.22. The Bertz CT molecular complexity index is 356. The summed E-state index contributed by atoms with van der Waals surface area (Å²) in [5, 5.41) is 19.0. The Hall–Kier alpha value is -0.970. The van der Waals surface area contributed by atoms with Crippen LogP contribution in [0.25, 0.3) is 0 Å². The second-order valence-corrected chi connectivity index (χ2v) is 4.12. The van der Waals surface area contributed by atoms with Gasteiger partial charge in [0.05, 0.1) is 6.61 Å². The van der Waals surface area contributed by atoms with E-state index >= 15 is 0 Å². The molecule has 0 aromatic heterocycles. The molecule has 1 aliphatic carbocycles. The molecule has 1 heterocycles. The number of hydrogen-bond acceptors (Lipinski definition) is 4. The van der Waals surface area contributed by atoms with Crippen molar-refractivity contribution in [3.8, 4) is 0 Å². The Balaban J connectivity index is 2.24. The zero-order chi connectivity index (χ0) is 11.7. The van der Waals surface area contributed by atoms with E-state index in [1.165, 1.54) is 0 Å². The van der Waals surface area contributed by atoms with Gasteiger partial charge in [0.15, 0.2) is 5.78 Å². The normalized spacial score (nSPS) is 33.4. The van der Waals surface area contributed by atoms with Gasteiger partial charge in [-0.1, -0.05) is 25.5 Å². The van der Waals surface area contributed by atoms with Gasteiger partial charge in [0.1, 0.15) is 18.3 Å². The lowest BCUT2D eigenvalue weighted by atomic mass is 9.88. The molecule has 0 spiro atoms. The number of rotatable bonds is 4. The van der Waals surface area contributed by atoms with E-state index in [0.717, 1.165) is 12.8 Å². The number of hydrogen-bond donors (Lipinski definition) is 2. The maximum Gasteiger partial charge on any atom is 0.194 e. The molecule has 0 radical (unpaired) electrons. The third kappa shape index (κ3) is 1.84. The lowest BCUT2D eigenvalue weighted by Crippen LogP contribution is -2.32. The van der Waals surface area contributed by atoms with Crippen LogP contribution in [-0.2, 0) is 9.53 Å². The number of fused-ring (bicyclic) bond motifs is 1. The molecule has 0 unspecified atom stereocenters. The van der Waals surface area contributed by atoms with Gasteiger partial charge in [0.25, 0.3) is 0 Å². The highest BCUT2D eigenvalue weighted by Crippen LogP contribution is 2.38. The monoisotopic (exact) mass is 224 g/mol. The Morgan fingerprint density at radius 3 is 2.88 bits per heavy atom. The average Bonchev–Trinajstić information content (AvgIpc) is 3.06. The van der Waals surface area contributed by atoms with Crippen LogP contribution in [0.15, 0.2) is 23.3 Å². The number of ether oxygens (including phenoxy) is 1. The standard InChI is InChI=1S/C12H16O4/c1-2-3-4-5-7-8(6-13)10(15)12-11(16-12)9(7)14/h4-5,10-13,15H,2-3,6H2,1H3/b5-4+/t10-,11-,12+/m1/s1. The minimum Gasteiger partial charge on any atom is -0.392 e. The number of aliphatic hydroxyl groups is 2. The molecule has 2 aliphatic rings. The molecule has 4 nitrogen and oxygen atoms in total. The molecule has 1 saturated heterocycles. The molecule has 0 amide bonds. The second kappa shape index (κ2) is 4.49. The highest BCUT2D eigenvalue weighted by atomic mass is 16.6. The van der Waals surface area contributed by atoms with Gasteiger partial charge in [-0.2, -0.15) is 0 Å². The Morgan fingerprint density at radius 2 is 2.25 bits per heavy atom. The van der Waals surface area contributed by atoms with Gasteiger partial charge in [-0.25, -0.2) is 0 Å². The molecular formula is C12H16O4. The minimum absolute atomic E-state index is 0.119. The van der Waals surface area contributed by atoms with E-state index in [-0.39, 0.29) is 12.4 Å². The van der Waals surface area contributed by atoms with E-state index < -0.39 is 18.3 Å². The first kappa shape index (κ1) is 11.5. The van der Waals surface area contributed by atoms with Gasteiger partial charge in [-0.15, -0.1) is 0 Å². The molecule has 1 aliphatic heterocycles. The predicted octanol–water partition coefficient (Wildman–Crippen LogP) is 0.343. The number of aliphatic hydroxyl groups excluding tert-OH is 2. The number of carbonyl (C=O) groups excluding carboxylic acids is 1. The first-order valence-corrected chi connectivity index (χ1v) is 5.58. The van der Waals surface area contributed by atoms with Gasteiger partial charge >= 0.3 is 0 Å². The summed E-state index contributed by atoms with van der Waals surface area (Å²) in [5.41, 5.74) is 0.804. The Kier molecular flexibility index (Phi) is 3.23. The van der Waals surface area contributed by atoms with E-state index in [1.807, 2.05) is 13.0 Å². The molecule has 2 N–H and O–H groups in total. The molecule has 16 heavy (non-hydrogen) atoms. The van der Waals surface area contributed by atoms with Crippen molar-refractivity contribution in [2.75, 3.05) is 6.61 Å². The maximum atomic E-state index is 11.8. The summed E-state index contributed by atoms with van der Waals surface area (Å²) in [6.07, 6.45) is 3.69. The van der Waals surface area contributed by atoms with Gasteiger partial charge in [-0.05, 0) is 12.0 Å². The lowest BCUT2D eigenvalue weighted by molar-refractivity contribution is -0.116. The molecule has 88 valence electrons. The van der Waals surface area contributed by atoms with Crippen LogP contribution in [0.4, 0.5) is 0 Å². The van der Waals surface area contributed by atoms with Gasteiger partial charge < -0.3 is 14.9 Å². The zero-order valence-corrected chi connectivity index (χ0v) is 9.22. The largest absolute Gasteiger partial charge is 0.392 e. The van der Waals surface area contributed by atoms with Crippen molar-refractivity contribution in [3.05, 3.63) is 23.3 Å². The lowest BCUT2D eigenvalue weighted by Gasteiger charge is -2.17. The van der Waals surface area contributed by atoms with Crippen LogP contribution < -0.4 is 0 Å². The van der Waals surface area contributed by atoms with E-state index in [1.54, 1.807) is 6.08 Å². The first-order chi connectivity index (χ1) is 7.70. The number of carbonyl (C=O) groups is 1. The minimum atomic E-state index is -0.839. The fourth-order valence-electron chi connectivity index (χ4n) is 1.98. The van der Waals surface area contributed by atoms with Crippen LogP contribution in [0.3, 0.4) is 0 Å². The highest BCUT2D eigenvalue weighted by molar-refractivity contribution is 6.05. The quantitative estimate of drug-likeness (QED) is 0.676. The van der Waals surface area contributed by atoms with Crippen LogP contribution in [0.5, 0.6) is 0 Å². The highest BCUT2D eigenvalue weighted by Gasteiger charge is 2.55. The molecule has 2 rings (SSSR count). The molecule has 0 saturated carbocycles. The molecule has 0 aromatic rings.